The topological polar surface area (TPSA) is 15.8 Å². The first-order chi connectivity index (χ1) is 7.05. The molecule has 86 valence electrons. The molecule has 15 heavy (non-hydrogen) atoms. The first kappa shape index (κ1) is 10.1. The second-order valence-corrected chi connectivity index (χ2v) is 6.31. The van der Waals surface area contributed by atoms with E-state index in [9.17, 15) is 0 Å². The molecule has 1 unspecified atom stereocenters. The Bertz CT molecular complexity index is 258. The maximum Gasteiger partial charge on any atom is 0.0956 e. The monoisotopic (exact) mass is 209 g/mol. The van der Waals surface area contributed by atoms with E-state index in [0.717, 1.165) is 6.04 Å². The number of hydrogen-bond acceptors (Lipinski definition) is 2. The van der Waals surface area contributed by atoms with Crippen LogP contribution in [-0.4, -0.2) is 35.7 Å². The van der Waals surface area contributed by atoms with Gasteiger partial charge in [-0.25, -0.2) is 0 Å². The van der Waals surface area contributed by atoms with Crippen LogP contribution in [0.3, 0.4) is 0 Å². The second-order valence-electron chi connectivity index (χ2n) is 6.31. The van der Waals surface area contributed by atoms with Crippen molar-refractivity contribution in [3.8, 4) is 0 Å². The molecule has 3 fully saturated rings. The van der Waals surface area contributed by atoms with Crippen molar-refractivity contribution in [2.45, 2.75) is 64.2 Å². The van der Waals surface area contributed by atoms with Crippen LogP contribution in [0, 0.1) is 5.41 Å². The number of epoxide rings is 1. The maximum absolute atomic E-state index is 5.73. The van der Waals surface area contributed by atoms with Gasteiger partial charge in [0, 0.05) is 6.04 Å². The van der Waals surface area contributed by atoms with Gasteiger partial charge in [0.05, 0.1) is 11.7 Å². The molecule has 0 bridgehead atoms. The predicted molar refractivity (Wildman–Crippen MR) is 60.9 cm³/mol. The molecule has 0 aromatic carbocycles. The Morgan fingerprint density at radius 2 is 1.73 bits per heavy atom. The third kappa shape index (κ3) is 1.45. The summed E-state index contributed by atoms with van der Waals surface area (Å²) in [5.74, 6) is 0. The Morgan fingerprint density at radius 1 is 1.20 bits per heavy atom. The molecule has 2 saturated heterocycles. The largest absolute Gasteiger partial charge is 0.366 e. The van der Waals surface area contributed by atoms with Crippen molar-refractivity contribution in [3.05, 3.63) is 0 Å². The van der Waals surface area contributed by atoms with Gasteiger partial charge < -0.3 is 9.64 Å². The minimum absolute atomic E-state index is 0.361. The summed E-state index contributed by atoms with van der Waals surface area (Å²) in [5, 5.41) is 0. The van der Waals surface area contributed by atoms with Crippen molar-refractivity contribution in [2.24, 2.45) is 5.41 Å². The van der Waals surface area contributed by atoms with E-state index in [0.29, 0.717) is 17.1 Å². The Balaban J connectivity index is 1.55. The molecule has 0 N–H and O–H groups in total. The number of piperidine rings is 1. The zero-order chi connectivity index (χ0) is 10.7. The van der Waals surface area contributed by atoms with E-state index < -0.39 is 0 Å². The summed E-state index contributed by atoms with van der Waals surface area (Å²) in [7, 11) is 0. The highest BCUT2D eigenvalue weighted by molar-refractivity contribution is 5.16. The number of nitrogens with zero attached hydrogens (tertiary/aromatic N) is 1. The van der Waals surface area contributed by atoms with Crippen LogP contribution in [0.4, 0.5) is 0 Å². The highest BCUT2D eigenvalue weighted by atomic mass is 16.6. The SMILES string of the molecule is CC(C)N1CCC2(CC1)CC1(C2)OC1C. The lowest BCUT2D eigenvalue weighted by atomic mass is 9.56. The van der Waals surface area contributed by atoms with Crippen molar-refractivity contribution in [1.29, 1.82) is 0 Å². The number of rotatable bonds is 1. The zero-order valence-corrected chi connectivity index (χ0v) is 10.3. The van der Waals surface area contributed by atoms with Gasteiger partial charge in [-0.1, -0.05) is 0 Å². The fourth-order valence-electron chi connectivity index (χ4n) is 3.77. The average molecular weight is 209 g/mol. The van der Waals surface area contributed by atoms with Crippen LogP contribution in [0.5, 0.6) is 0 Å². The van der Waals surface area contributed by atoms with Crippen molar-refractivity contribution in [3.63, 3.8) is 0 Å². The van der Waals surface area contributed by atoms with Gasteiger partial charge in [0.2, 0.25) is 0 Å². The van der Waals surface area contributed by atoms with Gasteiger partial charge >= 0.3 is 0 Å². The molecule has 2 spiro atoms. The summed E-state index contributed by atoms with van der Waals surface area (Å²) in [6, 6.07) is 0.729. The van der Waals surface area contributed by atoms with Gasteiger partial charge in [-0.05, 0) is 65.0 Å². The van der Waals surface area contributed by atoms with Crippen LogP contribution in [0.2, 0.25) is 0 Å². The van der Waals surface area contributed by atoms with Crippen LogP contribution >= 0.6 is 0 Å². The van der Waals surface area contributed by atoms with E-state index in [-0.39, 0.29) is 0 Å². The van der Waals surface area contributed by atoms with Gasteiger partial charge in [0.25, 0.3) is 0 Å². The summed E-state index contributed by atoms with van der Waals surface area (Å²) in [6.07, 6.45) is 6.08. The predicted octanol–water partition coefficient (Wildman–Crippen LogP) is 2.43. The normalized spacial score (nSPS) is 37.2. The third-order valence-corrected chi connectivity index (χ3v) is 5.03. The molecular weight excluding hydrogens is 186 g/mol. The summed E-state index contributed by atoms with van der Waals surface area (Å²) in [6.45, 7) is 9.47. The van der Waals surface area contributed by atoms with E-state index in [1.165, 1.54) is 38.8 Å². The summed E-state index contributed by atoms with van der Waals surface area (Å²) < 4.78 is 5.73. The second kappa shape index (κ2) is 2.98. The van der Waals surface area contributed by atoms with Gasteiger partial charge in [-0.15, -0.1) is 0 Å². The van der Waals surface area contributed by atoms with Crippen LogP contribution in [0.25, 0.3) is 0 Å². The lowest BCUT2D eigenvalue weighted by molar-refractivity contribution is -0.0374. The molecule has 1 atom stereocenters. The summed E-state index contributed by atoms with van der Waals surface area (Å²) in [5.41, 5.74) is 1.04. The first-order valence-electron chi connectivity index (χ1n) is 6.47. The molecule has 3 aliphatic rings. The Labute approximate surface area is 93.0 Å². The summed E-state index contributed by atoms with van der Waals surface area (Å²) >= 11 is 0. The molecule has 0 aromatic rings. The van der Waals surface area contributed by atoms with Gasteiger partial charge in [0.15, 0.2) is 0 Å². The average Bonchev–Trinajstić information content (AvgIpc) is 2.77. The number of ether oxygens (including phenoxy) is 1. The molecule has 0 amide bonds. The van der Waals surface area contributed by atoms with Gasteiger partial charge in [-0.3, -0.25) is 0 Å². The van der Waals surface area contributed by atoms with E-state index in [2.05, 4.69) is 25.7 Å². The third-order valence-electron chi connectivity index (χ3n) is 5.03. The fraction of sp³-hybridized carbons (Fsp3) is 1.00. The van der Waals surface area contributed by atoms with Crippen molar-refractivity contribution in [1.82, 2.24) is 4.90 Å². The van der Waals surface area contributed by atoms with Crippen LogP contribution in [-0.2, 0) is 4.74 Å². The van der Waals surface area contributed by atoms with Crippen molar-refractivity contribution >= 4 is 0 Å². The van der Waals surface area contributed by atoms with Crippen LogP contribution in [0.1, 0.15) is 46.5 Å². The molecule has 2 heteroatoms. The lowest BCUT2D eigenvalue weighted by Gasteiger charge is -2.52. The van der Waals surface area contributed by atoms with E-state index >= 15 is 0 Å². The molecule has 2 aliphatic heterocycles. The molecular formula is C13H23NO. The Hall–Kier alpha value is -0.0800. The van der Waals surface area contributed by atoms with Gasteiger partial charge in [-0.2, -0.15) is 0 Å². The minimum atomic E-state index is 0.361. The van der Waals surface area contributed by atoms with E-state index in [4.69, 9.17) is 4.74 Å². The first-order valence-corrected chi connectivity index (χ1v) is 6.47. The molecule has 2 nitrogen and oxygen atoms in total. The quantitative estimate of drug-likeness (QED) is 0.616. The molecule has 3 rings (SSSR count). The van der Waals surface area contributed by atoms with Gasteiger partial charge in [0.1, 0.15) is 0 Å². The zero-order valence-electron chi connectivity index (χ0n) is 10.3. The van der Waals surface area contributed by atoms with Crippen LogP contribution < -0.4 is 0 Å². The Morgan fingerprint density at radius 3 is 2.13 bits per heavy atom. The van der Waals surface area contributed by atoms with E-state index in [1.807, 2.05) is 0 Å². The number of likely N-dealkylation sites (tertiary alicyclic amines) is 1. The summed E-state index contributed by atoms with van der Waals surface area (Å²) in [4.78, 5) is 2.62. The Kier molecular flexibility index (Phi) is 2.01. The molecule has 0 radical (unpaired) electrons. The number of hydrogen-bond donors (Lipinski definition) is 0. The molecule has 0 aromatic heterocycles. The fourth-order valence-corrected chi connectivity index (χ4v) is 3.77. The molecule has 1 saturated carbocycles. The lowest BCUT2D eigenvalue weighted by Crippen LogP contribution is -2.52. The smallest absolute Gasteiger partial charge is 0.0956 e. The van der Waals surface area contributed by atoms with Crippen molar-refractivity contribution < 1.29 is 4.74 Å². The highest BCUT2D eigenvalue weighted by Crippen LogP contribution is 2.64. The maximum atomic E-state index is 5.73. The van der Waals surface area contributed by atoms with E-state index in [1.54, 1.807) is 0 Å². The molecule has 2 heterocycles. The highest BCUT2D eigenvalue weighted by Gasteiger charge is 2.67. The van der Waals surface area contributed by atoms with Crippen molar-refractivity contribution in [2.75, 3.05) is 13.1 Å². The molecule has 1 aliphatic carbocycles. The minimum Gasteiger partial charge on any atom is -0.366 e. The van der Waals surface area contributed by atoms with Crippen LogP contribution in [0.15, 0.2) is 0 Å². The standard InChI is InChI=1S/C13H23NO/c1-10(2)14-6-4-12(5-7-14)8-13(9-12)11(3)15-13/h10-11H,4-9H2,1-3H3.